The van der Waals surface area contributed by atoms with Crippen molar-refractivity contribution in [3.05, 3.63) is 53.7 Å². The van der Waals surface area contributed by atoms with E-state index in [4.69, 9.17) is 4.42 Å². The number of nitrogens with one attached hydrogen (secondary N) is 1. The Labute approximate surface area is 106 Å². The van der Waals surface area contributed by atoms with Gasteiger partial charge in [0.05, 0.1) is 0 Å². The van der Waals surface area contributed by atoms with E-state index in [9.17, 15) is 4.79 Å². The molecule has 1 amide bonds. The van der Waals surface area contributed by atoms with E-state index >= 15 is 0 Å². The van der Waals surface area contributed by atoms with Gasteiger partial charge >= 0.3 is 0 Å². The quantitative estimate of drug-likeness (QED) is 0.899. The first kappa shape index (κ1) is 12.4. The van der Waals surface area contributed by atoms with Crippen molar-refractivity contribution < 1.29 is 9.21 Å². The fourth-order valence-corrected chi connectivity index (χ4v) is 1.70. The second-order valence-corrected chi connectivity index (χ2v) is 4.39. The van der Waals surface area contributed by atoms with Crippen LogP contribution in [0, 0.1) is 0 Å². The van der Waals surface area contributed by atoms with Gasteiger partial charge in [-0.3, -0.25) is 4.79 Å². The van der Waals surface area contributed by atoms with Gasteiger partial charge in [0.2, 0.25) is 0 Å². The highest BCUT2D eigenvalue weighted by Crippen LogP contribution is 2.18. The summed E-state index contributed by atoms with van der Waals surface area (Å²) >= 11 is 0. The van der Waals surface area contributed by atoms with E-state index in [1.165, 1.54) is 6.39 Å². The summed E-state index contributed by atoms with van der Waals surface area (Å²) in [5.74, 6) is 0.571. The molecule has 0 aliphatic heterocycles. The normalized spacial score (nSPS) is 10.6. The SMILES string of the molecule is CC(C)c1ocnc1C(=O)NCc1ccccc1. The lowest BCUT2D eigenvalue weighted by Gasteiger charge is -2.06. The fraction of sp³-hybridized carbons (Fsp3) is 0.286. The predicted molar refractivity (Wildman–Crippen MR) is 68.2 cm³/mol. The summed E-state index contributed by atoms with van der Waals surface area (Å²) in [6, 6.07) is 9.76. The van der Waals surface area contributed by atoms with Crippen LogP contribution in [0.2, 0.25) is 0 Å². The Balaban J connectivity index is 2.02. The van der Waals surface area contributed by atoms with Crippen molar-refractivity contribution in [2.24, 2.45) is 0 Å². The van der Waals surface area contributed by atoms with Crippen molar-refractivity contribution >= 4 is 5.91 Å². The molecule has 4 nitrogen and oxygen atoms in total. The Morgan fingerprint density at radius 2 is 2.06 bits per heavy atom. The molecule has 0 atom stereocenters. The van der Waals surface area contributed by atoms with E-state index in [0.717, 1.165) is 5.56 Å². The van der Waals surface area contributed by atoms with E-state index < -0.39 is 0 Å². The average Bonchev–Trinajstić information content (AvgIpc) is 2.86. The minimum Gasteiger partial charge on any atom is -0.447 e. The van der Waals surface area contributed by atoms with Gasteiger partial charge in [-0.2, -0.15) is 0 Å². The van der Waals surface area contributed by atoms with Gasteiger partial charge in [0.25, 0.3) is 5.91 Å². The molecule has 1 N–H and O–H groups in total. The van der Waals surface area contributed by atoms with Crippen LogP contribution in [-0.2, 0) is 6.54 Å². The second kappa shape index (κ2) is 5.49. The molecular formula is C14H16N2O2. The molecule has 94 valence electrons. The van der Waals surface area contributed by atoms with Crippen LogP contribution in [0.4, 0.5) is 0 Å². The van der Waals surface area contributed by atoms with Gasteiger partial charge in [-0.1, -0.05) is 44.2 Å². The third-order valence-electron chi connectivity index (χ3n) is 2.63. The molecule has 1 heterocycles. The molecule has 0 aliphatic rings. The number of carbonyl (C=O) groups is 1. The van der Waals surface area contributed by atoms with Gasteiger partial charge in [0.15, 0.2) is 12.1 Å². The molecule has 0 fully saturated rings. The summed E-state index contributed by atoms with van der Waals surface area (Å²) in [7, 11) is 0. The molecule has 0 saturated heterocycles. The van der Waals surface area contributed by atoms with Gasteiger partial charge in [0.1, 0.15) is 5.76 Å². The fourth-order valence-electron chi connectivity index (χ4n) is 1.70. The Morgan fingerprint density at radius 3 is 2.72 bits per heavy atom. The molecule has 0 aliphatic carbocycles. The number of rotatable bonds is 4. The van der Waals surface area contributed by atoms with Crippen LogP contribution in [0.5, 0.6) is 0 Å². The first-order chi connectivity index (χ1) is 8.68. The van der Waals surface area contributed by atoms with E-state index in [2.05, 4.69) is 10.3 Å². The number of benzene rings is 1. The standard InChI is InChI=1S/C14H16N2O2/c1-10(2)13-12(16-9-18-13)14(17)15-8-11-6-4-3-5-7-11/h3-7,9-10H,8H2,1-2H3,(H,15,17). The molecule has 0 spiro atoms. The minimum atomic E-state index is -0.198. The third kappa shape index (κ3) is 2.77. The number of hydrogen-bond donors (Lipinski definition) is 1. The molecule has 0 saturated carbocycles. The Kier molecular flexibility index (Phi) is 3.77. The van der Waals surface area contributed by atoms with Crippen molar-refractivity contribution in [3.63, 3.8) is 0 Å². The molecule has 0 unspecified atom stereocenters. The summed E-state index contributed by atoms with van der Waals surface area (Å²) in [4.78, 5) is 15.9. The molecule has 1 aromatic heterocycles. The zero-order valence-corrected chi connectivity index (χ0v) is 10.5. The first-order valence-electron chi connectivity index (χ1n) is 5.94. The maximum absolute atomic E-state index is 12.0. The van der Waals surface area contributed by atoms with Crippen molar-refractivity contribution in [1.29, 1.82) is 0 Å². The van der Waals surface area contributed by atoms with E-state index in [-0.39, 0.29) is 11.8 Å². The summed E-state index contributed by atoms with van der Waals surface area (Å²) in [5.41, 5.74) is 1.43. The van der Waals surface area contributed by atoms with Crippen LogP contribution in [-0.4, -0.2) is 10.9 Å². The minimum absolute atomic E-state index is 0.143. The highest BCUT2D eigenvalue weighted by atomic mass is 16.3. The van der Waals surface area contributed by atoms with Gasteiger partial charge in [-0.25, -0.2) is 4.98 Å². The van der Waals surface area contributed by atoms with Gasteiger partial charge < -0.3 is 9.73 Å². The van der Waals surface area contributed by atoms with Gasteiger partial charge in [0, 0.05) is 12.5 Å². The first-order valence-corrected chi connectivity index (χ1v) is 5.94. The smallest absolute Gasteiger partial charge is 0.273 e. The number of oxazole rings is 1. The summed E-state index contributed by atoms with van der Waals surface area (Å²) in [5, 5.41) is 2.84. The van der Waals surface area contributed by atoms with Crippen molar-refractivity contribution in [1.82, 2.24) is 10.3 Å². The van der Waals surface area contributed by atoms with Crippen LogP contribution in [0.25, 0.3) is 0 Å². The van der Waals surface area contributed by atoms with Gasteiger partial charge in [-0.05, 0) is 5.56 Å². The summed E-state index contributed by atoms with van der Waals surface area (Å²) < 4.78 is 5.23. The van der Waals surface area contributed by atoms with Crippen LogP contribution in [0.15, 0.2) is 41.1 Å². The average molecular weight is 244 g/mol. The number of hydrogen-bond acceptors (Lipinski definition) is 3. The molecule has 0 radical (unpaired) electrons. The zero-order chi connectivity index (χ0) is 13.0. The van der Waals surface area contributed by atoms with Crippen LogP contribution in [0.1, 0.15) is 41.6 Å². The summed E-state index contributed by atoms with van der Waals surface area (Å²) in [6.45, 7) is 4.42. The number of nitrogens with zero attached hydrogens (tertiary/aromatic N) is 1. The van der Waals surface area contributed by atoms with E-state index in [0.29, 0.717) is 18.0 Å². The Hall–Kier alpha value is -2.10. The number of aromatic nitrogens is 1. The highest BCUT2D eigenvalue weighted by Gasteiger charge is 2.18. The molecule has 0 bridgehead atoms. The molecule has 18 heavy (non-hydrogen) atoms. The molecule has 4 heteroatoms. The van der Waals surface area contributed by atoms with Crippen molar-refractivity contribution in [3.8, 4) is 0 Å². The maximum Gasteiger partial charge on any atom is 0.273 e. The topological polar surface area (TPSA) is 55.1 Å². The summed E-state index contributed by atoms with van der Waals surface area (Å²) in [6.07, 6.45) is 1.31. The molecule has 2 aromatic rings. The molecule has 1 aromatic carbocycles. The molecular weight excluding hydrogens is 228 g/mol. The van der Waals surface area contributed by atoms with E-state index in [1.54, 1.807) is 0 Å². The van der Waals surface area contributed by atoms with Crippen LogP contribution in [0.3, 0.4) is 0 Å². The lowest BCUT2D eigenvalue weighted by molar-refractivity contribution is 0.0944. The lowest BCUT2D eigenvalue weighted by Crippen LogP contribution is -2.24. The van der Waals surface area contributed by atoms with Crippen molar-refractivity contribution in [2.75, 3.05) is 0 Å². The number of amides is 1. The Morgan fingerprint density at radius 1 is 1.33 bits per heavy atom. The highest BCUT2D eigenvalue weighted by molar-refractivity contribution is 5.93. The van der Waals surface area contributed by atoms with Crippen LogP contribution >= 0.6 is 0 Å². The third-order valence-corrected chi connectivity index (χ3v) is 2.63. The van der Waals surface area contributed by atoms with E-state index in [1.807, 2.05) is 44.2 Å². The lowest BCUT2D eigenvalue weighted by atomic mass is 10.1. The number of carbonyl (C=O) groups excluding carboxylic acids is 1. The van der Waals surface area contributed by atoms with Crippen molar-refractivity contribution in [2.45, 2.75) is 26.3 Å². The Bertz CT molecular complexity index is 518. The van der Waals surface area contributed by atoms with Gasteiger partial charge in [-0.15, -0.1) is 0 Å². The maximum atomic E-state index is 12.0. The van der Waals surface area contributed by atoms with Crippen LogP contribution < -0.4 is 5.32 Å². The largest absolute Gasteiger partial charge is 0.447 e. The molecule has 2 rings (SSSR count). The monoisotopic (exact) mass is 244 g/mol. The predicted octanol–water partition coefficient (Wildman–Crippen LogP) is 2.73. The zero-order valence-electron chi connectivity index (χ0n) is 10.5. The second-order valence-electron chi connectivity index (χ2n) is 4.39.